The fourth-order valence-corrected chi connectivity index (χ4v) is 2.71. The number of guanidine groups is 1. The number of ether oxygens (including phenoxy) is 1. The molecule has 0 saturated carbocycles. The number of nitrogens with zero attached hydrogens (tertiary/aromatic N) is 3. The molecule has 1 atom stereocenters. The molecule has 132 valence electrons. The lowest BCUT2D eigenvalue weighted by Gasteiger charge is -2.22. The van der Waals surface area contributed by atoms with Crippen molar-refractivity contribution in [3.05, 3.63) is 35.1 Å². The molecule has 1 N–H and O–H groups in total. The van der Waals surface area contributed by atoms with Crippen LogP contribution in [0.1, 0.15) is 24.5 Å². The summed E-state index contributed by atoms with van der Waals surface area (Å²) in [6.45, 7) is 5.68. The van der Waals surface area contributed by atoms with Gasteiger partial charge < -0.3 is 15.0 Å². The molecule has 0 amide bonds. The number of benzene rings is 1. The summed E-state index contributed by atoms with van der Waals surface area (Å²) < 4.78 is 19.4. The smallest absolute Gasteiger partial charge is 0.193 e. The van der Waals surface area contributed by atoms with E-state index in [0.717, 1.165) is 38.7 Å². The van der Waals surface area contributed by atoms with Gasteiger partial charge in [0.15, 0.2) is 5.96 Å². The second kappa shape index (κ2) is 10.5. The molecule has 1 aliphatic heterocycles. The molecule has 2 rings (SSSR count). The average Bonchev–Trinajstić information content (AvgIpc) is 3.03. The van der Waals surface area contributed by atoms with Crippen LogP contribution in [0.4, 0.5) is 4.39 Å². The molecule has 24 heavy (non-hydrogen) atoms. The lowest BCUT2D eigenvalue weighted by atomic mass is 10.1. The number of aliphatic imine (C=N–C) groups is 1. The van der Waals surface area contributed by atoms with E-state index in [-0.39, 0.29) is 29.8 Å². The first-order valence-corrected chi connectivity index (χ1v) is 7.89. The highest BCUT2D eigenvalue weighted by Crippen LogP contribution is 2.17. The zero-order valence-corrected chi connectivity index (χ0v) is 16.4. The number of hydrogen-bond acceptors (Lipinski definition) is 3. The van der Waals surface area contributed by atoms with Crippen LogP contribution in [-0.2, 0) is 11.3 Å². The molecule has 1 fully saturated rings. The number of rotatable bonds is 5. The quantitative estimate of drug-likeness (QED) is 0.430. The van der Waals surface area contributed by atoms with E-state index in [1.807, 2.05) is 13.0 Å². The first-order valence-electron chi connectivity index (χ1n) is 7.89. The highest BCUT2D eigenvalue weighted by Gasteiger charge is 2.24. The summed E-state index contributed by atoms with van der Waals surface area (Å²) in [4.78, 5) is 6.45. The lowest BCUT2D eigenvalue weighted by molar-refractivity contribution is 0.114. The predicted octanol–water partition coefficient (Wildman–Crippen LogP) is 2.75. The monoisotopic (exact) mass is 446 g/mol. The van der Waals surface area contributed by atoms with Crippen molar-refractivity contribution < 1.29 is 9.13 Å². The molecule has 0 aliphatic carbocycles. The maximum absolute atomic E-state index is 13.9. The Morgan fingerprint density at radius 2 is 2.33 bits per heavy atom. The van der Waals surface area contributed by atoms with Crippen molar-refractivity contribution in [2.75, 3.05) is 33.4 Å². The maximum atomic E-state index is 13.9. The first kappa shape index (κ1) is 20.6. The highest BCUT2D eigenvalue weighted by atomic mass is 127. The molecule has 5 nitrogen and oxygen atoms in total. The van der Waals surface area contributed by atoms with E-state index in [9.17, 15) is 4.39 Å². The van der Waals surface area contributed by atoms with Crippen molar-refractivity contribution in [1.29, 1.82) is 5.26 Å². The van der Waals surface area contributed by atoms with Crippen molar-refractivity contribution in [2.45, 2.75) is 19.9 Å². The summed E-state index contributed by atoms with van der Waals surface area (Å²) >= 11 is 0. The van der Waals surface area contributed by atoms with Crippen LogP contribution in [0.25, 0.3) is 0 Å². The molecule has 1 aromatic rings. The third-order valence-corrected chi connectivity index (χ3v) is 3.97. The minimum Gasteiger partial charge on any atom is -0.381 e. The fourth-order valence-electron chi connectivity index (χ4n) is 2.71. The number of nitrogens with one attached hydrogen (secondary N) is 1. The molecule has 0 aromatic heterocycles. The van der Waals surface area contributed by atoms with Gasteiger partial charge in [-0.3, -0.25) is 4.99 Å². The molecular formula is C17H24FIN4O. The number of nitriles is 1. The molecule has 1 unspecified atom stereocenters. The second-order valence-electron chi connectivity index (χ2n) is 5.58. The Kier molecular flexibility index (Phi) is 9.00. The van der Waals surface area contributed by atoms with E-state index in [4.69, 9.17) is 10.00 Å². The highest BCUT2D eigenvalue weighted by molar-refractivity contribution is 14.0. The Bertz CT molecular complexity index is 603. The van der Waals surface area contributed by atoms with E-state index in [1.54, 1.807) is 19.2 Å². The molecule has 0 bridgehead atoms. The van der Waals surface area contributed by atoms with Gasteiger partial charge >= 0.3 is 0 Å². The van der Waals surface area contributed by atoms with E-state index >= 15 is 0 Å². The minimum atomic E-state index is -0.373. The first-order chi connectivity index (χ1) is 11.2. The minimum absolute atomic E-state index is 0. The van der Waals surface area contributed by atoms with E-state index in [0.29, 0.717) is 23.6 Å². The number of hydrogen-bond donors (Lipinski definition) is 1. The topological polar surface area (TPSA) is 60.6 Å². The second-order valence-corrected chi connectivity index (χ2v) is 5.58. The van der Waals surface area contributed by atoms with Crippen LogP contribution in [0.3, 0.4) is 0 Å². The van der Waals surface area contributed by atoms with Crippen molar-refractivity contribution in [2.24, 2.45) is 10.9 Å². The lowest BCUT2D eigenvalue weighted by Crippen LogP contribution is -2.40. The number of likely N-dealkylation sites (tertiary alicyclic amines) is 1. The Balaban J connectivity index is 0.00000288. The largest absolute Gasteiger partial charge is 0.381 e. The molecule has 1 aromatic carbocycles. The van der Waals surface area contributed by atoms with Crippen LogP contribution in [0, 0.1) is 23.1 Å². The van der Waals surface area contributed by atoms with Gasteiger partial charge in [0.05, 0.1) is 18.2 Å². The van der Waals surface area contributed by atoms with E-state index in [2.05, 4.69) is 15.2 Å². The van der Waals surface area contributed by atoms with Gasteiger partial charge in [-0.2, -0.15) is 5.26 Å². The molecule has 1 saturated heterocycles. The molecule has 7 heteroatoms. The van der Waals surface area contributed by atoms with Crippen LogP contribution in [-0.4, -0.2) is 44.2 Å². The van der Waals surface area contributed by atoms with E-state index in [1.165, 1.54) is 6.07 Å². The summed E-state index contributed by atoms with van der Waals surface area (Å²) in [5, 5.41) is 12.0. The van der Waals surface area contributed by atoms with Gasteiger partial charge in [0.1, 0.15) is 5.82 Å². The molecule has 0 radical (unpaired) electrons. The Hall–Kier alpha value is -1.40. The van der Waals surface area contributed by atoms with Crippen LogP contribution in [0.2, 0.25) is 0 Å². The van der Waals surface area contributed by atoms with E-state index < -0.39 is 0 Å². The van der Waals surface area contributed by atoms with Gasteiger partial charge in [-0.05, 0) is 25.5 Å². The molecule has 0 spiro atoms. The third kappa shape index (κ3) is 5.60. The normalized spacial score (nSPS) is 17.3. The van der Waals surface area contributed by atoms with Crippen molar-refractivity contribution in [3.8, 4) is 6.07 Å². The Morgan fingerprint density at radius 3 is 2.96 bits per heavy atom. The van der Waals surface area contributed by atoms with Gasteiger partial charge in [-0.15, -0.1) is 24.0 Å². The van der Waals surface area contributed by atoms with Gasteiger partial charge in [0.25, 0.3) is 0 Å². The van der Waals surface area contributed by atoms with Crippen LogP contribution in [0.15, 0.2) is 23.2 Å². The van der Waals surface area contributed by atoms with Crippen molar-refractivity contribution in [1.82, 2.24) is 10.2 Å². The molecular weight excluding hydrogens is 422 g/mol. The van der Waals surface area contributed by atoms with Gasteiger partial charge in [0, 0.05) is 44.8 Å². The van der Waals surface area contributed by atoms with Crippen LogP contribution < -0.4 is 5.32 Å². The zero-order chi connectivity index (χ0) is 16.7. The standard InChI is InChI=1S/C17H23FN4O.HI/c1-3-23-12-14-6-7-22(11-14)17(20-2)21-10-15-5-4-13(9-19)8-16(15)18;/h4-5,8,14H,3,6-7,10-12H2,1-2H3,(H,20,21);1H. The van der Waals surface area contributed by atoms with Crippen molar-refractivity contribution in [3.63, 3.8) is 0 Å². The average molecular weight is 446 g/mol. The summed E-state index contributed by atoms with van der Waals surface area (Å²) in [5.41, 5.74) is 0.851. The van der Waals surface area contributed by atoms with Crippen LogP contribution in [0.5, 0.6) is 0 Å². The summed E-state index contributed by atoms with van der Waals surface area (Å²) in [6.07, 6.45) is 1.08. The van der Waals surface area contributed by atoms with Crippen LogP contribution >= 0.6 is 24.0 Å². The van der Waals surface area contributed by atoms with Gasteiger partial charge in [-0.25, -0.2) is 4.39 Å². The summed E-state index contributed by atoms with van der Waals surface area (Å²) in [5.74, 6) is 0.913. The van der Waals surface area contributed by atoms with Gasteiger partial charge in [0.2, 0.25) is 0 Å². The molecule has 1 aliphatic rings. The summed E-state index contributed by atoms with van der Waals surface area (Å²) in [7, 11) is 1.73. The number of halogens is 2. The Morgan fingerprint density at radius 1 is 1.54 bits per heavy atom. The summed E-state index contributed by atoms with van der Waals surface area (Å²) in [6, 6.07) is 6.45. The van der Waals surface area contributed by atoms with Gasteiger partial charge in [-0.1, -0.05) is 6.07 Å². The molecule has 1 heterocycles. The third-order valence-electron chi connectivity index (χ3n) is 3.97. The Labute approximate surface area is 159 Å². The predicted molar refractivity (Wildman–Crippen MR) is 103 cm³/mol. The SMILES string of the molecule is CCOCC1CCN(C(=NC)NCc2ccc(C#N)cc2F)C1.I. The fraction of sp³-hybridized carbons (Fsp3) is 0.529. The zero-order valence-electron chi connectivity index (χ0n) is 14.1. The van der Waals surface area contributed by atoms with Crippen molar-refractivity contribution >= 4 is 29.9 Å². The maximum Gasteiger partial charge on any atom is 0.193 e.